The van der Waals surface area contributed by atoms with Gasteiger partial charge in [-0.3, -0.25) is 4.79 Å². The number of hydrogen-bond donors (Lipinski definition) is 1. The van der Waals surface area contributed by atoms with E-state index in [1.807, 2.05) is 30.0 Å². The Bertz CT molecular complexity index is 554. The zero-order valence-electron chi connectivity index (χ0n) is 12.3. The molecule has 1 aliphatic heterocycles. The predicted molar refractivity (Wildman–Crippen MR) is 81.5 cm³/mol. The van der Waals surface area contributed by atoms with Crippen LogP contribution < -0.4 is 5.73 Å². The lowest BCUT2D eigenvalue weighted by atomic mass is 10.0. The van der Waals surface area contributed by atoms with Gasteiger partial charge in [0.2, 0.25) is 0 Å². The number of nitrogens with zero attached hydrogens (tertiary/aromatic N) is 1. The van der Waals surface area contributed by atoms with Gasteiger partial charge in [0.05, 0.1) is 12.1 Å². The monoisotopic (exact) mass is 270 g/mol. The van der Waals surface area contributed by atoms with E-state index in [2.05, 4.69) is 18.8 Å². The van der Waals surface area contributed by atoms with Crippen molar-refractivity contribution in [3.8, 4) is 11.8 Å². The van der Waals surface area contributed by atoms with Crippen LogP contribution in [0.4, 0.5) is 0 Å². The maximum absolute atomic E-state index is 12.8. The number of rotatable bonds is 2. The van der Waals surface area contributed by atoms with E-state index in [-0.39, 0.29) is 5.91 Å². The van der Waals surface area contributed by atoms with E-state index in [9.17, 15) is 4.79 Å². The summed E-state index contributed by atoms with van der Waals surface area (Å²) in [5, 5.41) is 0. The summed E-state index contributed by atoms with van der Waals surface area (Å²) in [6, 6.07) is 6.22. The van der Waals surface area contributed by atoms with Gasteiger partial charge in [0.25, 0.3) is 5.91 Å². The van der Waals surface area contributed by atoms with Gasteiger partial charge < -0.3 is 10.6 Å². The zero-order valence-corrected chi connectivity index (χ0v) is 12.3. The number of carbonyl (C=O) groups is 1. The molecule has 1 heterocycles. The SMILES string of the molecule is CCC1CCCN1C(=O)c1cc(C)ccc1C#CCN. The van der Waals surface area contributed by atoms with Crippen molar-refractivity contribution in [2.45, 2.75) is 39.2 Å². The number of benzene rings is 1. The van der Waals surface area contributed by atoms with E-state index < -0.39 is 0 Å². The molecule has 1 atom stereocenters. The number of likely N-dealkylation sites (tertiary alicyclic amines) is 1. The molecule has 0 aromatic heterocycles. The number of nitrogens with two attached hydrogens (primary N) is 1. The Labute approximate surface area is 121 Å². The quantitative estimate of drug-likeness (QED) is 0.838. The minimum absolute atomic E-state index is 0.111. The second-order valence-electron chi connectivity index (χ2n) is 5.26. The summed E-state index contributed by atoms with van der Waals surface area (Å²) in [5.41, 5.74) is 8.01. The highest BCUT2D eigenvalue weighted by molar-refractivity contribution is 5.97. The van der Waals surface area contributed by atoms with Crippen LogP contribution in [0.15, 0.2) is 18.2 Å². The van der Waals surface area contributed by atoms with Gasteiger partial charge in [-0.2, -0.15) is 0 Å². The molecule has 1 aliphatic rings. The molecule has 0 bridgehead atoms. The van der Waals surface area contributed by atoms with Crippen LogP contribution >= 0.6 is 0 Å². The first-order valence-electron chi connectivity index (χ1n) is 7.28. The van der Waals surface area contributed by atoms with Crippen molar-refractivity contribution in [1.82, 2.24) is 4.90 Å². The smallest absolute Gasteiger partial charge is 0.255 e. The van der Waals surface area contributed by atoms with Gasteiger partial charge >= 0.3 is 0 Å². The number of aryl methyl sites for hydroxylation is 1. The van der Waals surface area contributed by atoms with Crippen molar-refractivity contribution in [3.05, 3.63) is 34.9 Å². The van der Waals surface area contributed by atoms with E-state index in [4.69, 9.17) is 5.73 Å². The highest BCUT2D eigenvalue weighted by Crippen LogP contribution is 2.24. The van der Waals surface area contributed by atoms with Crippen molar-refractivity contribution in [3.63, 3.8) is 0 Å². The summed E-state index contributed by atoms with van der Waals surface area (Å²) >= 11 is 0. The van der Waals surface area contributed by atoms with Crippen LogP contribution in [0.5, 0.6) is 0 Å². The maximum Gasteiger partial charge on any atom is 0.255 e. The summed E-state index contributed by atoms with van der Waals surface area (Å²) in [6.07, 6.45) is 3.22. The Kier molecular flexibility index (Phi) is 4.81. The average molecular weight is 270 g/mol. The molecule has 1 aromatic rings. The normalized spacial score (nSPS) is 17.8. The molecule has 106 valence electrons. The molecule has 3 heteroatoms. The fraction of sp³-hybridized carbons (Fsp3) is 0.471. The molecule has 0 aliphatic carbocycles. The summed E-state index contributed by atoms with van der Waals surface area (Å²) < 4.78 is 0. The van der Waals surface area contributed by atoms with Crippen molar-refractivity contribution < 1.29 is 4.79 Å². The molecule has 1 saturated heterocycles. The highest BCUT2D eigenvalue weighted by Gasteiger charge is 2.29. The molecule has 20 heavy (non-hydrogen) atoms. The lowest BCUT2D eigenvalue weighted by molar-refractivity contribution is 0.0733. The van der Waals surface area contributed by atoms with Gasteiger partial charge in [-0.05, 0) is 38.3 Å². The zero-order chi connectivity index (χ0) is 14.5. The standard InChI is InChI=1S/C17H22N2O/c1-3-15-7-5-11-19(15)17(20)16-12-13(2)8-9-14(16)6-4-10-18/h8-9,12,15H,3,5,7,10-11,18H2,1-2H3. The second-order valence-corrected chi connectivity index (χ2v) is 5.26. The van der Waals surface area contributed by atoms with Crippen LogP contribution in [-0.4, -0.2) is 29.9 Å². The van der Waals surface area contributed by atoms with E-state index in [0.717, 1.165) is 36.9 Å². The first kappa shape index (κ1) is 14.6. The Morgan fingerprint density at radius 2 is 2.30 bits per heavy atom. The largest absolute Gasteiger partial charge is 0.336 e. The second kappa shape index (κ2) is 6.58. The van der Waals surface area contributed by atoms with Gasteiger partial charge in [-0.15, -0.1) is 0 Å². The average Bonchev–Trinajstić information content (AvgIpc) is 2.93. The molecule has 1 aromatic carbocycles. The molecule has 2 rings (SSSR count). The lowest BCUT2D eigenvalue weighted by Gasteiger charge is -2.24. The van der Waals surface area contributed by atoms with Crippen LogP contribution in [0.1, 0.15) is 47.7 Å². The van der Waals surface area contributed by atoms with E-state index in [1.165, 1.54) is 0 Å². The van der Waals surface area contributed by atoms with Gasteiger partial charge in [0.1, 0.15) is 0 Å². The molecule has 0 radical (unpaired) electrons. The van der Waals surface area contributed by atoms with Crippen LogP contribution in [0, 0.1) is 18.8 Å². The van der Waals surface area contributed by atoms with Crippen molar-refractivity contribution in [1.29, 1.82) is 0 Å². The van der Waals surface area contributed by atoms with Crippen molar-refractivity contribution >= 4 is 5.91 Å². The molecule has 0 spiro atoms. The van der Waals surface area contributed by atoms with Crippen LogP contribution in [0.25, 0.3) is 0 Å². The van der Waals surface area contributed by atoms with Gasteiger partial charge in [0, 0.05) is 18.2 Å². The van der Waals surface area contributed by atoms with Crippen LogP contribution in [-0.2, 0) is 0 Å². The first-order valence-corrected chi connectivity index (χ1v) is 7.28. The predicted octanol–water partition coefficient (Wildman–Crippen LogP) is 2.32. The number of amides is 1. The molecular formula is C17H22N2O. The number of carbonyl (C=O) groups excluding carboxylic acids is 1. The Hall–Kier alpha value is -1.79. The molecule has 2 N–H and O–H groups in total. The summed E-state index contributed by atoms with van der Waals surface area (Å²) in [4.78, 5) is 14.8. The van der Waals surface area contributed by atoms with Crippen LogP contribution in [0.2, 0.25) is 0 Å². The van der Waals surface area contributed by atoms with E-state index in [0.29, 0.717) is 18.2 Å². The minimum Gasteiger partial charge on any atom is -0.336 e. The van der Waals surface area contributed by atoms with Gasteiger partial charge in [0.15, 0.2) is 0 Å². The van der Waals surface area contributed by atoms with E-state index in [1.54, 1.807) is 0 Å². The Morgan fingerprint density at radius 1 is 1.50 bits per heavy atom. The third kappa shape index (κ3) is 3.02. The minimum atomic E-state index is 0.111. The van der Waals surface area contributed by atoms with Gasteiger partial charge in [-0.1, -0.05) is 30.4 Å². The highest BCUT2D eigenvalue weighted by atomic mass is 16.2. The summed E-state index contributed by atoms with van der Waals surface area (Å²) in [5.74, 6) is 5.97. The molecule has 3 nitrogen and oxygen atoms in total. The Morgan fingerprint density at radius 3 is 3.00 bits per heavy atom. The van der Waals surface area contributed by atoms with Crippen molar-refractivity contribution in [2.24, 2.45) is 5.73 Å². The van der Waals surface area contributed by atoms with Gasteiger partial charge in [-0.25, -0.2) is 0 Å². The van der Waals surface area contributed by atoms with Crippen LogP contribution in [0.3, 0.4) is 0 Å². The van der Waals surface area contributed by atoms with E-state index >= 15 is 0 Å². The molecule has 1 amide bonds. The third-order valence-electron chi connectivity index (χ3n) is 3.84. The summed E-state index contributed by atoms with van der Waals surface area (Å²) in [7, 11) is 0. The lowest BCUT2D eigenvalue weighted by Crippen LogP contribution is -2.35. The maximum atomic E-state index is 12.8. The fourth-order valence-corrected chi connectivity index (χ4v) is 2.77. The number of hydrogen-bond acceptors (Lipinski definition) is 2. The first-order chi connectivity index (χ1) is 9.67. The fourth-order valence-electron chi connectivity index (χ4n) is 2.77. The molecular weight excluding hydrogens is 248 g/mol. The Balaban J connectivity index is 2.35. The third-order valence-corrected chi connectivity index (χ3v) is 3.84. The molecule has 0 saturated carbocycles. The van der Waals surface area contributed by atoms with Crippen molar-refractivity contribution in [2.75, 3.05) is 13.1 Å². The molecule has 1 fully saturated rings. The summed E-state index contributed by atoms with van der Waals surface area (Å²) in [6.45, 7) is 5.30. The molecule has 1 unspecified atom stereocenters. The topological polar surface area (TPSA) is 46.3 Å².